The molecule has 0 saturated carbocycles. The van der Waals surface area contributed by atoms with Crippen molar-refractivity contribution >= 4 is 46.6 Å². The summed E-state index contributed by atoms with van der Waals surface area (Å²) in [6, 6.07) is 3.78. The number of H-pyrrole nitrogens is 2. The number of aliphatic hydroxyl groups excluding tert-OH is 3. The van der Waals surface area contributed by atoms with Gasteiger partial charge in [0.25, 0.3) is 17.0 Å². The molecule has 4 aromatic rings. The fourth-order valence-corrected chi connectivity index (χ4v) is 5.71. The number of esters is 1. The number of hydrogen-bond acceptors (Lipinski definition) is 18. The number of aliphatic hydroxyl groups is 3. The topological polar surface area (TPSA) is 359 Å². The predicted octanol–water partition coefficient (Wildman–Crippen LogP) is -6.34. The molecule has 1 aromatic carbocycles. The van der Waals surface area contributed by atoms with E-state index in [-0.39, 0.29) is 73.2 Å². The minimum atomic E-state index is -1.46. The highest BCUT2D eigenvalue weighted by atomic mass is 35.5. The number of carboxylic acids is 1. The van der Waals surface area contributed by atoms with Gasteiger partial charge < -0.3 is 72.4 Å². The lowest BCUT2D eigenvalue weighted by atomic mass is 10.1. The first-order chi connectivity index (χ1) is 31.3. The second-order valence-corrected chi connectivity index (χ2v) is 17.6. The smallest absolute Gasteiger partial charge is 0.330 e. The average molecular weight is 979 g/mol. The van der Waals surface area contributed by atoms with Crippen molar-refractivity contribution in [1.29, 1.82) is 0 Å². The number of quaternary nitrogens is 2. The summed E-state index contributed by atoms with van der Waals surface area (Å²) in [7, 11) is 12.3. The zero-order valence-electron chi connectivity index (χ0n) is 39.3. The number of aryl methyl sites for hydroxylation is 1. The SMILES string of the molecule is C[N+](C)(C)CCO.C[N+](C)(C)CCO.Cc1cn([C@H]2C[C@H](O)[C@@H](COC(=O)C(CCC(=O)[O-])NC(=O)c3ccc(NCc4cnc5nc(NC(=O)[C@H](C)N)[nH]c(=O)c5n4)cc3)O2)c(=O)[nH]c1=O.[Cl-]. The van der Waals surface area contributed by atoms with Gasteiger partial charge >= 0.3 is 11.7 Å². The number of fused-ring (bicyclic) bond motifs is 1. The second-order valence-electron chi connectivity index (χ2n) is 17.6. The van der Waals surface area contributed by atoms with Crippen LogP contribution in [0.4, 0.5) is 11.6 Å². The maximum atomic E-state index is 13.1. The van der Waals surface area contributed by atoms with Gasteiger partial charge in [-0.2, -0.15) is 4.98 Å². The number of carboxylic acid groups (broad SMARTS) is 1. The fraction of sp³-hybridized carbons (Fsp3) is 0.524. The Morgan fingerprint density at radius 3 is 2.15 bits per heavy atom. The Morgan fingerprint density at radius 2 is 1.60 bits per heavy atom. The third-order valence-electron chi connectivity index (χ3n) is 9.56. The molecule has 1 unspecified atom stereocenters. The Morgan fingerprint density at radius 1 is 0.985 bits per heavy atom. The van der Waals surface area contributed by atoms with Gasteiger partial charge in [-0.15, -0.1) is 0 Å². The molecular weight excluding hydrogens is 916 g/mol. The van der Waals surface area contributed by atoms with Gasteiger partial charge in [-0.25, -0.2) is 19.6 Å². The van der Waals surface area contributed by atoms with Crippen molar-refractivity contribution in [2.75, 3.05) is 85.8 Å². The number of likely N-dealkylation sites (N-methyl/N-ethyl adjacent to an activating group) is 2. The molecule has 0 spiro atoms. The summed E-state index contributed by atoms with van der Waals surface area (Å²) < 4.78 is 13.8. The van der Waals surface area contributed by atoms with E-state index < -0.39 is 84.1 Å². The quantitative estimate of drug-likeness (QED) is 0.0331. The molecule has 10 N–H and O–H groups in total. The minimum absolute atomic E-state index is 0. The number of carbonyl (C=O) groups is 4. The van der Waals surface area contributed by atoms with Crippen LogP contribution in [-0.2, 0) is 30.4 Å². The van der Waals surface area contributed by atoms with Crippen molar-refractivity contribution in [3.63, 3.8) is 0 Å². The number of anilines is 2. The Balaban J connectivity index is 0.000000919. The predicted molar refractivity (Wildman–Crippen MR) is 241 cm³/mol. The third-order valence-corrected chi connectivity index (χ3v) is 9.56. The zero-order valence-corrected chi connectivity index (χ0v) is 40.0. The van der Waals surface area contributed by atoms with Crippen molar-refractivity contribution in [1.82, 2.24) is 34.8 Å². The molecule has 1 aliphatic heterocycles. The molecule has 0 radical (unpaired) electrons. The average Bonchev–Trinajstić information content (AvgIpc) is 3.61. The van der Waals surface area contributed by atoms with E-state index in [0.29, 0.717) is 11.4 Å². The van der Waals surface area contributed by atoms with Crippen LogP contribution in [0.25, 0.3) is 11.2 Å². The van der Waals surface area contributed by atoms with Gasteiger partial charge in [0.05, 0.1) is 86.1 Å². The molecule has 5 rings (SSSR count). The standard InChI is InChI=1S/C32H36N10O11.2C5H14NO.ClH/c1-14-12-42(32(51)41-26(14)46)22-9-20(43)21(53-22)13-52-30(50)19(7-8-23(44)45)37-28(48)16-3-5-17(6-4-16)34-10-18-11-35-25-24(36-18)29(49)40-31(38-25)39-27(47)15(2)33;2*1-6(2,3)4-5-7;/h3-6,11-12,15,19-22,34,43H,7-10,13,33H2,1-2H3,(H,37,48)(H,44,45)(H,41,46,51)(H2,35,38,39,40,47,49);2*7H,4-5H2,1-3H3;1H/q;2*+1;/p-2/t15-,19?,20-,21+,22+;;;/m0.../s1. The van der Waals surface area contributed by atoms with Crippen molar-refractivity contribution in [3.8, 4) is 0 Å². The molecule has 25 nitrogen and oxygen atoms in total. The van der Waals surface area contributed by atoms with Crippen LogP contribution in [0.2, 0.25) is 0 Å². The molecular formula is C42H63ClN12O13. The summed E-state index contributed by atoms with van der Waals surface area (Å²) in [5, 5.41) is 46.3. The Bertz CT molecular complexity index is 2470. The lowest BCUT2D eigenvalue weighted by Gasteiger charge is -2.21. The van der Waals surface area contributed by atoms with Crippen molar-refractivity contribution in [2.45, 2.75) is 70.2 Å². The van der Waals surface area contributed by atoms with E-state index in [1.165, 1.54) is 38.4 Å². The van der Waals surface area contributed by atoms with Gasteiger partial charge in [0.1, 0.15) is 38.1 Å². The molecule has 0 bridgehead atoms. The van der Waals surface area contributed by atoms with Crippen LogP contribution in [0.1, 0.15) is 54.0 Å². The number of amides is 2. The number of benzene rings is 1. The van der Waals surface area contributed by atoms with Gasteiger partial charge in [-0.3, -0.25) is 39.0 Å². The number of halogens is 1. The third kappa shape index (κ3) is 19.2. The van der Waals surface area contributed by atoms with E-state index in [1.54, 1.807) is 12.1 Å². The number of hydrogen-bond donors (Lipinski definition) is 9. The maximum Gasteiger partial charge on any atom is 0.330 e. The molecule has 0 aliphatic carbocycles. The number of aromatic nitrogens is 6. The zero-order chi connectivity index (χ0) is 50.2. The molecule has 376 valence electrons. The summed E-state index contributed by atoms with van der Waals surface area (Å²) in [4.78, 5) is 103. The summed E-state index contributed by atoms with van der Waals surface area (Å²) in [5.74, 6) is -3.84. The van der Waals surface area contributed by atoms with E-state index >= 15 is 0 Å². The van der Waals surface area contributed by atoms with E-state index in [2.05, 4.69) is 83.2 Å². The number of rotatable bonds is 18. The van der Waals surface area contributed by atoms with Crippen molar-refractivity contribution < 1.29 is 70.5 Å². The molecule has 68 heavy (non-hydrogen) atoms. The first kappa shape index (κ1) is 57.9. The van der Waals surface area contributed by atoms with Crippen molar-refractivity contribution in [3.05, 3.63) is 84.7 Å². The van der Waals surface area contributed by atoms with Crippen LogP contribution in [0.15, 0.2) is 51.0 Å². The van der Waals surface area contributed by atoms with Crippen LogP contribution in [-0.4, -0.2) is 177 Å². The summed E-state index contributed by atoms with van der Waals surface area (Å²) in [6.07, 6.45) is -1.48. The summed E-state index contributed by atoms with van der Waals surface area (Å²) in [6.45, 7) is 4.83. The molecule has 2 amide bonds. The van der Waals surface area contributed by atoms with E-state index in [1.807, 2.05) is 0 Å². The molecule has 5 atom stereocenters. The summed E-state index contributed by atoms with van der Waals surface area (Å²) in [5.41, 5.74) is 4.80. The van der Waals surface area contributed by atoms with Gasteiger partial charge in [-0.1, -0.05) is 0 Å². The highest BCUT2D eigenvalue weighted by Crippen LogP contribution is 2.28. The number of aliphatic carboxylic acids is 1. The van der Waals surface area contributed by atoms with Crippen molar-refractivity contribution in [2.24, 2.45) is 5.73 Å². The monoisotopic (exact) mass is 978 g/mol. The first-order valence-corrected chi connectivity index (χ1v) is 21.1. The maximum absolute atomic E-state index is 13.1. The lowest BCUT2D eigenvalue weighted by molar-refractivity contribution is -0.870. The Labute approximate surface area is 397 Å². The lowest BCUT2D eigenvalue weighted by Crippen LogP contribution is -3.00. The van der Waals surface area contributed by atoms with E-state index in [4.69, 9.17) is 25.4 Å². The molecule has 1 aliphatic rings. The van der Waals surface area contributed by atoms with E-state index in [0.717, 1.165) is 26.6 Å². The molecule has 1 fully saturated rings. The number of carbonyl (C=O) groups excluding carboxylic acids is 4. The molecule has 1 saturated heterocycles. The van der Waals surface area contributed by atoms with Gasteiger partial charge in [0.2, 0.25) is 11.9 Å². The van der Waals surface area contributed by atoms with Crippen LogP contribution in [0.5, 0.6) is 0 Å². The summed E-state index contributed by atoms with van der Waals surface area (Å²) >= 11 is 0. The number of ether oxygens (including phenoxy) is 2. The highest BCUT2D eigenvalue weighted by molar-refractivity contribution is 5.97. The fourth-order valence-electron chi connectivity index (χ4n) is 5.71. The number of nitrogens with one attached hydrogen (secondary N) is 5. The van der Waals surface area contributed by atoms with Crippen LogP contribution >= 0.6 is 0 Å². The van der Waals surface area contributed by atoms with Crippen LogP contribution in [0.3, 0.4) is 0 Å². The van der Waals surface area contributed by atoms with Gasteiger partial charge in [0, 0.05) is 35.4 Å². The molecule has 26 heteroatoms. The van der Waals surface area contributed by atoms with Gasteiger partial charge in [-0.05, 0) is 51.0 Å². The van der Waals surface area contributed by atoms with Crippen LogP contribution < -0.4 is 56.0 Å². The largest absolute Gasteiger partial charge is 1.00 e. The minimum Gasteiger partial charge on any atom is -1.00 e. The second kappa shape index (κ2) is 26.4. The van der Waals surface area contributed by atoms with E-state index in [9.17, 15) is 43.8 Å². The Kier molecular flexibility index (Phi) is 22.5. The normalized spacial score (nSPS) is 16.4. The number of aromatic amines is 2. The molecule has 3 aromatic heterocycles. The first-order valence-electron chi connectivity index (χ1n) is 21.1. The highest BCUT2D eigenvalue weighted by Gasteiger charge is 2.37. The Hall–Kier alpha value is -6.19. The van der Waals surface area contributed by atoms with Gasteiger partial charge in [0.15, 0.2) is 11.2 Å². The number of nitrogens with zero attached hydrogens (tertiary/aromatic N) is 6. The molecule has 4 heterocycles. The van der Waals surface area contributed by atoms with Crippen LogP contribution in [0, 0.1) is 6.92 Å². The number of nitrogens with two attached hydrogens (primary N) is 1.